The third-order valence-electron chi connectivity index (χ3n) is 2.02. The van der Waals surface area contributed by atoms with E-state index in [4.69, 9.17) is 16.3 Å². The smallest absolute Gasteiger partial charge is 0.0629 e. The Bertz CT molecular complexity index is 112. The van der Waals surface area contributed by atoms with Crippen LogP contribution >= 0.6 is 11.6 Å². The van der Waals surface area contributed by atoms with Gasteiger partial charge in [-0.15, -0.1) is 11.6 Å². The molecule has 1 unspecified atom stereocenters. The minimum Gasteiger partial charge on any atom is -0.376 e. The highest BCUT2D eigenvalue weighted by atomic mass is 35.5. The van der Waals surface area contributed by atoms with E-state index >= 15 is 0 Å². The molecule has 1 aliphatic rings. The third-order valence-corrected chi connectivity index (χ3v) is 2.45. The molecule has 1 heterocycles. The molecule has 0 aliphatic carbocycles. The molecule has 0 aromatic carbocycles. The first kappa shape index (κ1) is 8.35. The van der Waals surface area contributed by atoms with Crippen molar-refractivity contribution in [1.82, 2.24) is 0 Å². The molecular weight excluding hydrogens is 148 g/mol. The molecular formula is C8H15ClO. The first-order valence-corrected chi connectivity index (χ1v) is 4.37. The lowest BCUT2D eigenvalue weighted by Crippen LogP contribution is -2.34. The van der Waals surface area contributed by atoms with Gasteiger partial charge in [0, 0.05) is 12.5 Å². The summed E-state index contributed by atoms with van der Waals surface area (Å²) < 4.78 is 5.54. The van der Waals surface area contributed by atoms with Gasteiger partial charge in [-0.1, -0.05) is 0 Å². The molecule has 0 N–H and O–H groups in total. The van der Waals surface area contributed by atoms with E-state index in [1.54, 1.807) is 0 Å². The molecule has 2 heteroatoms. The number of ether oxygens (including phenoxy) is 1. The number of hydrogen-bond donors (Lipinski definition) is 0. The topological polar surface area (TPSA) is 9.23 Å². The summed E-state index contributed by atoms with van der Waals surface area (Å²) in [6.45, 7) is 5.14. The van der Waals surface area contributed by atoms with E-state index in [1.165, 1.54) is 0 Å². The van der Waals surface area contributed by atoms with Crippen LogP contribution in [-0.4, -0.2) is 18.1 Å². The molecule has 1 saturated heterocycles. The lowest BCUT2D eigenvalue weighted by molar-refractivity contribution is -0.0685. The average molecular weight is 163 g/mol. The number of halogens is 1. The molecule has 1 aliphatic heterocycles. The van der Waals surface area contributed by atoms with Crippen molar-refractivity contribution in [3.63, 3.8) is 0 Å². The van der Waals surface area contributed by atoms with Crippen LogP contribution in [0.3, 0.4) is 0 Å². The van der Waals surface area contributed by atoms with E-state index in [9.17, 15) is 0 Å². The van der Waals surface area contributed by atoms with Gasteiger partial charge in [0.2, 0.25) is 0 Å². The Balaban J connectivity index is 2.40. The second-order valence-electron chi connectivity index (χ2n) is 3.62. The highest BCUT2D eigenvalue weighted by Crippen LogP contribution is 2.28. The third kappa shape index (κ3) is 2.14. The number of rotatable bonds is 1. The van der Waals surface area contributed by atoms with Crippen LogP contribution in [0.25, 0.3) is 0 Å². The zero-order valence-electron chi connectivity index (χ0n) is 6.69. The van der Waals surface area contributed by atoms with Gasteiger partial charge in [0.1, 0.15) is 0 Å². The average Bonchev–Trinajstić information content (AvgIpc) is 1.86. The van der Waals surface area contributed by atoms with Crippen LogP contribution in [-0.2, 0) is 4.74 Å². The van der Waals surface area contributed by atoms with Crippen LogP contribution in [0.5, 0.6) is 0 Å². The molecule has 0 aromatic heterocycles. The van der Waals surface area contributed by atoms with E-state index in [2.05, 4.69) is 13.8 Å². The predicted molar refractivity (Wildman–Crippen MR) is 43.5 cm³/mol. The van der Waals surface area contributed by atoms with Crippen molar-refractivity contribution in [2.75, 3.05) is 12.5 Å². The Morgan fingerprint density at radius 1 is 1.60 bits per heavy atom. The Hall–Kier alpha value is 0.250. The fraction of sp³-hybridized carbons (Fsp3) is 1.00. The summed E-state index contributed by atoms with van der Waals surface area (Å²) in [5, 5.41) is 0. The molecule has 0 spiro atoms. The normalized spacial score (nSPS) is 32.1. The summed E-state index contributed by atoms with van der Waals surface area (Å²) in [7, 11) is 0. The van der Waals surface area contributed by atoms with Crippen molar-refractivity contribution in [3.05, 3.63) is 0 Å². The minimum atomic E-state index is 0.0673. The van der Waals surface area contributed by atoms with Crippen molar-refractivity contribution in [1.29, 1.82) is 0 Å². The van der Waals surface area contributed by atoms with E-state index in [0.29, 0.717) is 5.92 Å². The summed E-state index contributed by atoms with van der Waals surface area (Å²) in [6, 6.07) is 0. The van der Waals surface area contributed by atoms with E-state index in [-0.39, 0.29) is 5.60 Å². The molecule has 1 nitrogen and oxygen atoms in total. The lowest BCUT2D eigenvalue weighted by atomic mass is 9.90. The first-order valence-electron chi connectivity index (χ1n) is 3.84. The molecule has 0 radical (unpaired) electrons. The molecule has 10 heavy (non-hydrogen) atoms. The molecule has 0 bridgehead atoms. The summed E-state index contributed by atoms with van der Waals surface area (Å²) in [5.41, 5.74) is 0.0673. The van der Waals surface area contributed by atoms with Gasteiger partial charge in [-0.3, -0.25) is 0 Å². The fourth-order valence-corrected chi connectivity index (χ4v) is 1.75. The molecule has 0 amide bonds. The largest absolute Gasteiger partial charge is 0.376 e. The minimum absolute atomic E-state index is 0.0673. The molecule has 1 rings (SSSR count). The Kier molecular flexibility index (Phi) is 2.59. The van der Waals surface area contributed by atoms with Crippen molar-refractivity contribution in [2.24, 2.45) is 5.92 Å². The van der Waals surface area contributed by atoms with Crippen LogP contribution in [0.15, 0.2) is 0 Å². The maximum absolute atomic E-state index is 5.75. The van der Waals surface area contributed by atoms with E-state index < -0.39 is 0 Å². The number of alkyl halides is 1. The van der Waals surface area contributed by atoms with Gasteiger partial charge in [-0.25, -0.2) is 0 Å². The van der Waals surface area contributed by atoms with Gasteiger partial charge in [0.25, 0.3) is 0 Å². The van der Waals surface area contributed by atoms with Gasteiger partial charge in [0.05, 0.1) is 5.60 Å². The molecule has 1 atom stereocenters. The van der Waals surface area contributed by atoms with Gasteiger partial charge in [0.15, 0.2) is 0 Å². The van der Waals surface area contributed by atoms with E-state index in [1.807, 2.05) is 0 Å². The van der Waals surface area contributed by atoms with Crippen molar-refractivity contribution < 1.29 is 4.74 Å². The predicted octanol–water partition coefficient (Wildman–Crippen LogP) is 2.43. The molecule has 0 aromatic rings. The Labute approximate surface area is 67.7 Å². The summed E-state index contributed by atoms with van der Waals surface area (Å²) >= 11 is 5.75. The second kappa shape index (κ2) is 3.10. The quantitative estimate of drug-likeness (QED) is 0.539. The Morgan fingerprint density at radius 3 is 2.70 bits per heavy atom. The fourth-order valence-electron chi connectivity index (χ4n) is 1.49. The SMILES string of the molecule is CC1(C)CC(CCl)CCO1. The van der Waals surface area contributed by atoms with Gasteiger partial charge in [-0.2, -0.15) is 0 Å². The monoisotopic (exact) mass is 162 g/mol. The van der Waals surface area contributed by atoms with Crippen LogP contribution < -0.4 is 0 Å². The summed E-state index contributed by atoms with van der Waals surface area (Å²) in [4.78, 5) is 0. The highest BCUT2D eigenvalue weighted by molar-refractivity contribution is 6.18. The van der Waals surface area contributed by atoms with Crippen LogP contribution in [0, 0.1) is 5.92 Å². The zero-order valence-corrected chi connectivity index (χ0v) is 7.45. The lowest BCUT2D eigenvalue weighted by Gasteiger charge is -2.34. The second-order valence-corrected chi connectivity index (χ2v) is 3.93. The Morgan fingerprint density at radius 2 is 2.30 bits per heavy atom. The molecule has 0 saturated carbocycles. The first-order chi connectivity index (χ1) is 4.64. The van der Waals surface area contributed by atoms with Gasteiger partial charge >= 0.3 is 0 Å². The van der Waals surface area contributed by atoms with E-state index in [0.717, 1.165) is 25.3 Å². The zero-order chi connectivity index (χ0) is 7.61. The highest BCUT2D eigenvalue weighted by Gasteiger charge is 2.27. The number of hydrogen-bond acceptors (Lipinski definition) is 1. The van der Waals surface area contributed by atoms with Crippen LogP contribution in [0.4, 0.5) is 0 Å². The van der Waals surface area contributed by atoms with Crippen molar-refractivity contribution >= 4 is 11.6 Å². The van der Waals surface area contributed by atoms with Crippen LogP contribution in [0.2, 0.25) is 0 Å². The maximum Gasteiger partial charge on any atom is 0.0629 e. The van der Waals surface area contributed by atoms with Gasteiger partial charge in [-0.05, 0) is 32.6 Å². The summed E-state index contributed by atoms with van der Waals surface area (Å²) in [5.74, 6) is 1.46. The summed E-state index contributed by atoms with van der Waals surface area (Å²) in [6.07, 6.45) is 2.24. The molecule has 60 valence electrons. The maximum atomic E-state index is 5.75. The standard InChI is InChI=1S/C8H15ClO/c1-8(2)5-7(6-9)3-4-10-8/h7H,3-6H2,1-2H3. The van der Waals surface area contributed by atoms with Crippen LogP contribution in [0.1, 0.15) is 26.7 Å². The van der Waals surface area contributed by atoms with Crippen molar-refractivity contribution in [3.8, 4) is 0 Å². The molecule has 1 fully saturated rings. The van der Waals surface area contributed by atoms with Crippen molar-refractivity contribution in [2.45, 2.75) is 32.3 Å². The van der Waals surface area contributed by atoms with Gasteiger partial charge < -0.3 is 4.74 Å².